The predicted molar refractivity (Wildman–Crippen MR) is 179 cm³/mol. The monoisotopic (exact) mass is 631 g/mol. The minimum atomic E-state index is -0.595. The second-order valence-corrected chi connectivity index (χ2v) is 12.0. The fourth-order valence-electron chi connectivity index (χ4n) is 6.77. The van der Waals surface area contributed by atoms with E-state index >= 15 is 0 Å². The van der Waals surface area contributed by atoms with Crippen molar-refractivity contribution >= 4 is 5.65 Å². The van der Waals surface area contributed by atoms with Gasteiger partial charge in [-0.2, -0.15) is 5.10 Å². The SMILES string of the molecule is CCCc1c(Cc2ccc(-c3ccccc3-c3noc(=O)[nH]3)cc2)c(=O)n(C2CCC(Oc3ccc(OC)cc3)CC2)c2ccnn12. The number of nitrogens with zero attached hydrogens (tertiary/aromatic N) is 4. The molecule has 0 saturated heterocycles. The molecule has 0 bridgehead atoms. The number of ether oxygens (including phenoxy) is 2. The Morgan fingerprint density at radius 1 is 0.894 bits per heavy atom. The molecule has 3 aromatic heterocycles. The van der Waals surface area contributed by atoms with E-state index in [4.69, 9.17) is 19.1 Å². The molecule has 0 aliphatic heterocycles. The van der Waals surface area contributed by atoms with Crippen molar-refractivity contribution < 1.29 is 14.0 Å². The molecule has 0 amide bonds. The fraction of sp³-hybridized carbons (Fsp3) is 0.297. The number of rotatable bonds is 10. The van der Waals surface area contributed by atoms with E-state index in [0.29, 0.717) is 12.2 Å². The Labute approximate surface area is 271 Å². The molecule has 0 atom stereocenters. The average Bonchev–Trinajstić information content (AvgIpc) is 3.77. The van der Waals surface area contributed by atoms with Crippen LogP contribution in [0, 0.1) is 0 Å². The number of methoxy groups -OCH3 is 1. The molecule has 3 aromatic carbocycles. The van der Waals surface area contributed by atoms with Crippen molar-refractivity contribution in [2.24, 2.45) is 0 Å². The Bertz CT molecular complexity index is 2100. The fourth-order valence-corrected chi connectivity index (χ4v) is 6.77. The molecule has 6 aromatic rings. The first-order valence-electron chi connectivity index (χ1n) is 16.2. The minimum Gasteiger partial charge on any atom is -0.497 e. The Kier molecular flexibility index (Phi) is 8.48. The number of H-pyrrole nitrogens is 1. The summed E-state index contributed by atoms with van der Waals surface area (Å²) in [5, 5.41) is 8.58. The van der Waals surface area contributed by atoms with Gasteiger partial charge in [0.25, 0.3) is 5.56 Å². The van der Waals surface area contributed by atoms with Gasteiger partial charge >= 0.3 is 5.76 Å². The van der Waals surface area contributed by atoms with Crippen LogP contribution < -0.4 is 20.8 Å². The number of benzene rings is 3. The van der Waals surface area contributed by atoms with E-state index in [-0.39, 0.29) is 17.7 Å². The summed E-state index contributed by atoms with van der Waals surface area (Å²) in [6.45, 7) is 2.13. The lowest BCUT2D eigenvalue weighted by Crippen LogP contribution is -2.35. The number of nitrogens with one attached hydrogen (secondary N) is 1. The largest absolute Gasteiger partial charge is 0.497 e. The van der Waals surface area contributed by atoms with E-state index in [9.17, 15) is 9.59 Å². The molecule has 0 spiro atoms. The molecule has 10 heteroatoms. The zero-order valence-electron chi connectivity index (χ0n) is 26.5. The highest BCUT2D eigenvalue weighted by Crippen LogP contribution is 2.33. The molecule has 0 radical (unpaired) electrons. The summed E-state index contributed by atoms with van der Waals surface area (Å²) in [4.78, 5) is 28.7. The molecule has 1 N–H and O–H groups in total. The maximum atomic E-state index is 14.4. The highest BCUT2D eigenvalue weighted by molar-refractivity contribution is 5.80. The highest BCUT2D eigenvalue weighted by Gasteiger charge is 2.28. The van der Waals surface area contributed by atoms with Crippen LogP contribution in [0.5, 0.6) is 11.5 Å². The van der Waals surface area contributed by atoms with E-state index in [1.807, 2.05) is 75.8 Å². The van der Waals surface area contributed by atoms with Crippen molar-refractivity contribution in [3.63, 3.8) is 0 Å². The van der Waals surface area contributed by atoms with Gasteiger partial charge in [-0.05, 0) is 73.1 Å². The molecule has 1 saturated carbocycles. The topological polar surface area (TPSA) is 117 Å². The zero-order valence-corrected chi connectivity index (χ0v) is 26.5. The van der Waals surface area contributed by atoms with Gasteiger partial charge in [0.2, 0.25) is 0 Å². The number of hydrogen-bond acceptors (Lipinski definition) is 7. The second kappa shape index (κ2) is 13.2. The standard InChI is InChI=1S/C37H37N5O5/c1-3-6-33-32(23-24-9-11-25(12-10-24)30-7-4-5-8-31(30)35-39-37(44)47-40-35)36(43)41(34-21-22-38-42(33)34)26-13-15-28(16-14-26)46-29-19-17-27(45-2)18-20-29/h4-5,7-12,17-22,26,28H,3,6,13-16,23H2,1-2H3,(H,39,40,44). The molecule has 1 fully saturated rings. The molecule has 10 nitrogen and oxygen atoms in total. The summed E-state index contributed by atoms with van der Waals surface area (Å²) >= 11 is 0. The van der Waals surface area contributed by atoms with Crippen molar-refractivity contribution in [1.82, 2.24) is 24.3 Å². The van der Waals surface area contributed by atoms with Crippen LogP contribution in [-0.2, 0) is 12.8 Å². The quantitative estimate of drug-likeness (QED) is 0.181. The van der Waals surface area contributed by atoms with E-state index in [1.165, 1.54) is 0 Å². The van der Waals surface area contributed by atoms with Crippen LogP contribution in [0.25, 0.3) is 28.2 Å². The molecular formula is C37H37N5O5. The third-order valence-corrected chi connectivity index (χ3v) is 9.08. The van der Waals surface area contributed by atoms with Crippen molar-refractivity contribution in [2.75, 3.05) is 7.11 Å². The number of aryl methyl sites for hydroxylation is 1. The van der Waals surface area contributed by atoms with Crippen LogP contribution in [0.1, 0.15) is 61.9 Å². The summed E-state index contributed by atoms with van der Waals surface area (Å²) < 4.78 is 20.3. The van der Waals surface area contributed by atoms with Crippen LogP contribution in [0.15, 0.2) is 99.2 Å². The third-order valence-electron chi connectivity index (χ3n) is 9.08. The van der Waals surface area contributed by atoms with Crippen LogP contribution in [0.2, 0.25) is 0 Å². The maximum Gasteiger partial charge on any atom is 0.439 e. The molecule has 1 aliphatic carbocycles. The van der Waals surface area contributed by atoms with Crippen molar-refractivity contribution in [1.29, 1.82) is 0 Å². The minimum absolute atomic E-state index is 0.0605. The summed E-state index contributed by atoms with van der Waals surface area (Å²) in [6.07, 6.45) is 7.47. The lowest BCUT2D eigenvalue weighted by molar-refractivity contribution is 0.132. The van der Waals surface area contributed by atoms with Crippen LogP contribution in [0.3, 0.4) is 0 Å². The number of hydrogen-bond donors (Lipinski definition) is 1. The van der Waals surface area contributed by atoms with E-state index in [2.05, 4.69) is 29.2 Å². The summed E-state index contributed by atoms with van der Waals surface area (Å²) in [5.41, 5.74) is 6.35. The molecule has 7 rings (SSSR count). The predicted octanol–water partition coefficient (Wildman–Crippen LogP) is 6.62. The van der Waals surface area contributed by atoms with Crippen molar-refractivity contribution in [3.8, 4) is 34.0 Å². The van der Waals surface area contributed by atoms with Gasteiger partial charge in [-0.1, -0.05) is 67.0 Å². The Hall–Kier alpha value is -5.38. The molecule has 0 unspecified atom stereocenters. The second-order valence-electron chi connectivity index (χ2n) is 12.0. The maximum absolute atomic E-state index is 14.4. The van der Waals surface area contributed by atoms with Gasteiger partial charge in [0.1, 0.15) is 17.1 Å². The Morgan fingerprint density at radius 2 is 1.62 bits per heavy atom. The first-order valence-corrected chi connectivity index (χ1v) is 16.2. The van der Waals surface area contributed by atoms with Gasteiger partial charge in [-0.3, -0.25) is 18.9 Å². The summed E-state index contributed by atoms with van der Waals surface area (Å²) in [5.74, 6) is 1.42. The van der Waals surface area contributed by atoms with Crippen molar-refractivity contribution in [3.05, 3.63) is 123 Å². The molecular weight excluding hydrogens is 594 g/mol. The van der Waals surface area contributed by atoms with E-state index in [0.717, 1.165) is 89.2 Å². The van der Waals surface area contributed by atoms with Gasteiger partial charge in [0.15, 0.2) is 5.82 Å². The van der Waals surface area contributed by atoms with Crippen molar-refractivity contribution in [2.45, 2.75) is 64.0 Å². The van der Waals surface area contributed by atoms with Crippen LogP contribution in [-0.4, -0.2) is 37.5 Å². The zero-order chi connectivity index (χ0) is 32.3. The normalized spacial score (nSPS) is 16.4. The van der Waals surface area contributed by atoms with Crippen LogP contribution in [0.4, 0.5) is 0 Å². The number of aromatic amines is 1. The lowest BCUT2D eigenvalue weighted by Gasteiger charge is -2.31. The molecule has 47 heavy (non-hydrogen) atoms. The summed E-state index contributed by atoms with van der Waals surface area (Å²) in [7, 11) is 1.65. The molecule has 1 aliphatic rings. The van der Waals surface area contributed by atoms with Gasteiger partial charge in [0, 0.05) is 29.7 Å². The van der Waals surface area contributed by atoms with Gasteiger partial charge in [-0.15, -0.1) is 0 Å². The van der Waals surface area contributed by atoms with Crippen LogP contribution >= 0.6 is 0 Å². The Morgan fingerprint density at radius 3 is 2.30 bits per heavy atom. The summed E-state index contributed by atoms with van der Waals surface area (Å²) in [6, 6.07) is 25.6. The molecule has 240 valence electrons. The lowest BCUT2D eigenvalue weighted by atomic mass is 9.92. The van der Waals surface area contributed by atoms with E-state index in [1.54, 1.807) is 13.3 Å². The van der Waals surface area contributed by atoms with Gasteiger partial charge < -0.3 is 9.47 Å². The van der Waals surface area contributed by atoms with Gasteiger partial charge in [-0.25, -0.2) is 9.31 Å². The first-order chi connectivity index (χ1) is 23.0. The number of aromatic nitrogens is 5. The highest BCUT2D eigenvalue weighted by atomic mass is 16.5. The smallest absolute Gasteiger partial charge is 0.439 e. The average molecular weight is 632 g/mol. The third kappa shape index (κ3) is 6.10. The molecule has 3 heterocycles. The van der Waals surface area contributed by atoms with Gasteiger partial charge in [0.05, 0.1) is 25.1 Å². The number of fused-ring (bicyclic) bond motifs is 1. The first kappa shape index (κ1) is 30.3. The van der Waals surface area contributed by atoms with E-state index < -0.39 is 5.76 Å². The Balaban J connectivity index is 1.16.